The molecular formula is C11H12N2OS. The first-order chi connectivity index (χ1) is 7.27. The minimum atomic E-state index is 0.00343. The molecule has 0 aliphatic rings. The van der Waals surface area contributed by atoms with Crippen LogP contribution in [-0.2, 0) is 6.54 Å². The van der Waals surface area contributed by atoms with E-state index in [1.165, 1.54) is 11.3 Å². The van der Waals surface area contributed by atoms with Gasteiger partial charge in [-0.15, -0.1) is 11.3 Å². The fourth-order valence-corrected chi connectivity index (χ4v) is 2.18. The number of thiophene rings is 1. The third kappa shape index (κ3) is 2.27. The number of hydrogen-bond donors (Lipinski definition) is 2. The lowest BCUT2D eigenvalue weighted by Crippen LogP contribution is -2.22. The molecule has 2 aromatic rings. The number of carbonyl (C=O) groups is 1. The quantitative estimate of drug-likeness (QED) is 0.819. The van der Waals surface area contributed by atoms with Crippen LogP contribution in [0, 0.1) is 6.92 Å². The maximum atomic E-state index is 11.7. The minimum Gasteiger partial charge on any atom is -0.367 e. The van der Waals surface area contributed by atoms with Gasteiger partial charge in [0.1, 0.15) is 0 Å². The zero-order chi connectivity index (χ0) is 10.7. The lowest BCUT2D eigenvalue weighted by atomic mass is 10.2. The van der Waals surface area contributed by atoms with Crippen molar-refractivity contribution in [3.05, 3.63) is 45.9 Å². The van der Waals surface area contributed by atoms with Gasteiger partial charge in [0.05, 0.1) is 4.88 Å². The van der Waals surface area contributed by atoms with Crippen molar-refractivity contribution in [2.45, 2.75) is 13.5 Å². The van der Waals surface area contributed by atoms with E-state index in [2.05, 4.69) is 10.3 Å². The molecule has 0 unspecified atom stereocenters. The molecule has 2 aromatic heterocycles. The molecule has 15 heavy (non-hydrogen) atoms. The van der Waals surface area contributed by atoms with Gasteiger partial charge in [-0.1, -0.05) is 0 Å². The van der Waals surface area contributed by atoms with Crippen molar-refractivity contribution >= 4 is 17.2 Å². The summed E-state index contributed by atoms with van der Waals surface area (Å²) in [6.07, 6.45) is 3.72. The van der Waals surface area contributed by atoms with Gasteiger partial charge in [-0.25, -0.2) is 0 Å². The maximum Gasteiger partial charge on any atom is 0.261 e. The fourth-order valence-electron chi connectivity index (χ4n) is 1.34. The van der Waals surface area contributed by atoms with Crippen LogP contribution in [0.3, 0.4) is 0 Å². The number of carbonyl (C=O) groups excluding carboxylic acids is 1. The predicted molar refractivity (Wildman–Crippen MR) is 61.0 cm³/mol. The summed E-state index contributed by atoms with van der Waals surface area (Å²) in [5, 5.41) is 4.81. The SMILES string of the molecule is Cc1ccsc1C(=O)NCc1cc[nH]c1. The number of hydrogen-bond acceptors (Lipinski definition) is 2. The molecule has 0 aliphatic carbocycles. The average molecular weight is 220 g/mol. The Morgan fingerprint density at radius 2 is 2.40 bits per heavy atom. The van der Waals surface area contributed by atoms with Crippen molar-refractivity contribution in [2.75, 3.05) is 0 Å². The Labute approximate surface area is 92.1 Å². The lowest BCUT2D eigenvalue weighted by molar-refractivity contribution is 0.0954. The Hall–Kier alpha value is -1.55. The van der Waals surface area contributed by atoms with Crippen molar-refractivity contribution in [2.24, 2.45) is 0 Å². The van der Waals surface area contributed by atoms with E-state index in [-0.39, 0.29) is 5.91 Å². The molecule has 0 bridgehead atoms. The van der Waals surface area contributed by atoms with Crippen LogP contribution >= 0.6 is 11.3 Å². The molecule has 0 aliphatic heterocycles. The average Bonchev–Trinajstić information content (AvgIpc) is 2.84. The normalized spacial score (nSPS) is 10.2. The van der Waals surface area contributed by atoms with Crippen LogP contribution in [0.15, 0.2) is 29.9 Å². The van der Waals surface area contributed by atoms with Gasteiger partial charge in [0.15, 0.2) is 0 Å². The molecule has 0 atom stereocenters. The van der Waals surface area contributed by atoms with E-state index in [4.69, 9.17) is 0 Å². The van der Waals surface area contributed by atoms with E-state index < -0.39 is 0 Å². The molecule has 4 heteroatoms. The van der Waals surface area contributed by atoms with Crippen molar-refractivity contribution in [3.63, 3.8) is 0 Å². The Bertz CT molecular complexity index is 445. The molecule has 0 radical (unpaired) electrons. The van der Waals surface area contributed by atoms with Crippen LogP contribution in [0.5, 0.6) is 0 Å². The zero-order valence-corrected chi connectivity index (χ0v) is 9.23. The number of aromatic amines is 1. The first-order valence-corrected chi connectivity index (χ1v) is 5.59. The van der Waals surface area contributed by atoms with E-state index in [1.54, 1.807) is 0 Å². The number of amides is 1. The standard InChI is InChI=1S/C11H12N2OS/c1-8-3-5-15-10(8)11(14)13-7-9-2-4-12-6-9/h2-6,12H,7H2,1H3,(H,13,14). The van der Waals surface area contributed by atoms with Gasteiger partial charge in [-0.05, 0) is 35.6 Å². The number of aromatic nitrogens is 1. The highest BCUT2D eigenvalue weighted by molar-refractivity contribution is 7.12. The van der Waals surface area contributed by atoms with Gasteiger partial charge in [0.2, 0.25) is 0 Å². The molecule has 0 aromatic carbocycles. The van der Waals surface area contributed by atoms with E-state index in [0.717, 1.165) is 16.0 Å². The van der Waals surface area contributed by atoms with Crippen molar-refractivity contribution in [1.82, 2.24) is 10.3 Å². The monoisotopic (exact) mass is 220 g/mol. The summed E-state index contributed by atoms with van der Waals surface area (Å²) in [4.78, 5) is 15.5. The van der Waals surface area contributed by atoms with Crippen molar-refractivity contribution in [3.8, 4) is 0 Å². The highest BCUT2D eigenvalue weighted by Gasteiger charge is 2.09. The summed E-state index contributed by atoms with van der Waals surface area (Å²) < 4.78 is 0. The molecular weight excluding hydrogens is 208 g/mol. The first kappa shape index (κ1) is 9.98. The molecule has 0 saturated carbocycles. The smallest absolute Gasteiger partial charge is 0.261 e. The van der Waals surface area contributed by atoms with Gasteiger partial charge >= 0.3 is 0 Å². The molecule has 0 fully saturated rings. The highest BCUT2D eigenvalue weighted by atomic mass is 32.1. The molecule has 2 N–H and O–H groups in total. The van der Waals surface area contributed by atoms with Crippen LogP contribution in [-0.4, -0.2) is 10.9 Å². The van der Waals surface area contributed by atoms with Gasteiger partial charge in [-0.2, -0.15) is 0 Å². The second kappa shape index (κ2) is 4.31. The number of nitrogens with one attached hydrogen (secondary N) is 2. The van der Waals surface area contributed by atoms with E-state index >= 15 is 0 Å². The summed E-state index contributed by atoms with van der Waals surface area (Å²) in [5.74, 6) is 0.00343. The predicted octanol–water partition coefficient (Wildman–Crippen LogP) is 2.31. The first-order valence-electron chi connectivity index (χ1n) is 4.71. The zero-order valence-electron chi connectivity index (χ0n) is 8.41. The van der Waals surface area contributed by atoms with Crippen LogP contribution in [0.25, 0.3) is 0 Å². The largest absolute Gasteiger partial charge is 0.367 e. The van der Waals surface area contributed by atoms with Gasteiger partial charge < -0.3 is 10.3 Å². The number of aryl methyl sites for hydroxylation is 1. The molecule has 78 valence electrons. The third-order valence-electron chi connectivity index (χ3n) is 2.18. The number of rotatable bonds is 3. The molecule has 2 heterocycles. The van der Waals surface area contributed by atoms with E-state index in [9.17, 15) is 4.79 Å². The van der Waals surface area contributed by atoms with Crippen LogP contribution < -0.4 is 5.32 Å². The van der Waals surface area contributed by atoms with E-state index in [0.29, 0.717) is 6.54 Å². The Kier molecular flexibility index (Phi) is 2.87. The molecule has 0 saturated heterocycles. The minimum absolute atomic E-state index is 0.00343. The molecule has 0 spiro atoms. The molecule has 3 nitrogen and oxygen atoms in total. The number of H-pyrrole nitrogens is 1. The van der Waals surface area contributed by atoms with Crippen LogP contribution in [0.4, 0.5) is 0 Å². The summed E-state index contributed by atoms with van der Waals surface area (Å²) in [6, 6.07) is 3.90. The van der Waals surface area contributed by atoms with Crippen molar-refractivity contribution < 1.29 is 4.79 Å². The van der Waals surface area contributed by atoms with Gasteiger partial charge in [-0.3, -0.25) is 4.79 Å². The lowest BCUT2D eigenvalue weighted by Gasteiger charge is -2.02. The van der Waals surface area contributed by atoms with Crippen molar-refractivity contribution in [1.29, 1.82) is 0 Å². The van der Waals surface area contributed by atoms with Crippen LogP contribution in [0.2, 0.25) is 0 Å². The topological polar surface area (TPSA) is 44.9 Å². The molecule has 1 amide bonds. The van der Waals surface area contributed by atoms with Crippen LogP contribution in [0.1, 0.15) is 20.8 Å². The van der Waals surface area contributed by atoms with Gasteiger partial charge in [0, 0.05) is 18.9 Å². The summed E-state index contributed by atoms with van der Waals surface area (Å²) in [6.45, 7) is 2.52. The third-order valence-corrected chi connectivity index (χ3v) is 3.20. The summed E-state index contributed by atoms with van der Waals surface area (Å²) in [7, 11) is 0. The summed E-state index contributed by atoms with van der Waals surface area (Å²) in [5.41, 5.74) is 2.11. The van der Waals surface area contributed by atoms with Gasteiger partial charge in [0.25, 0.3) is 5.91 Å². The Balaban J connectivity index is 1.96. The molecule has 2 rings (SSSR count). The highest BCUT2D eigenvalue weighted by Crippen LogP contribution is 2.15. The maximum absolute atomic E-state index is 11.7. The second-order valence-electron chi connectivity index (χ2n) is 3.33. The second-order valence-corrected chi connectivity index (χ2v) is 4.25. The fraction of sp³-hybridized carbons (Fsp3) is 0.182. The Morgan fingerprint density at radius 3 is 3.00 bits per heavy atom. The van der Waals surface area contributed by atoms with E-state index in [1.807, 2.05) is 36.8 Å². The Morgan fingerprint density at radius 1 is 1.53 bits per heavy atom. The summed E-state index contributed by atoms with van der Waals surface area (Å²) >= 11 is 1.47.